The van der Waals surface area contributed by atoms with Gasteiger partial charge in [-0.15, -0.1) is 11.3 Å². The van der Waals surface area contributed by atoms with Crippen molar-refractivity contribution in [3.05, 3.63) is 52.5 Å². The molecule has 0 bridgehead atoms. The monoisotopic (exact) mass is 245 g/mol. The largest absolute Gasteiger partial charge is 0.299 e. The van der Waals surface area contributed by atoms with Gasteiger partial charge in [0, 0.05) is 29.6 Å². The molecule has 88 valence electrons. The number of hydrogen-bond acceptors (Lipinski definition) is 3. The number of aryl methyl sites for hydroxylation is 1. The van der Waals surface area contributed by atoms with Crippen LogP contribution in [-0.2, 0) is 17.6 Å². The third kappa shape index (κ3) is 4.11. The van der Waals surface area contributed by atoms with Gasteiger partial charge in [-0.25, -0.2) is 0 Å². The smallest absolute Gasteiger partial charge is 0.138 e. The Balaban J connectivity index is 1.71. The second kappa shape index (κ2) is 6.30. The van der Waals surface area contributed by atoms with E-state index in [1.54, 1.807) is 17.5 Å². The lowest BCUT2D eigenvalue weighted by atomic mass is 10.1. The maximum absolute atomic E-state index is 11.7. The van der Waals surface area contributed by atoms with E-state index in [4.69, 9.17) is 0 Å². The maximum Gasteiger partial charge on any atom is 0.138 e. The van der Waals surface area contributed by atoms with Crippen molar-refractivity contribution in [3.63, 3.8) is 0 Å². The highest BCUT2D eigenvalue weighted by Crippen LogP contribution is 2.12. The van der Waals surface area contributed by atoms with Gasteiger partial charge in [0.15, 0.2) is 0 Å². The highest BCUT2D eigenvalue weighted by Gasteiger charge is 2.04. The number of carbonyl (C=O) groups excluding carboxylic acids is 1. The standard InChI is InChI=1S/C14H15NOS/c16-13(11-12-5-1-2-9-15-12)6-3-7-14-8-4-10-17-14/h1-2,4-5,8-10H,3,6-7,11H2. The summed E-state index contributed by atoms with van der Waals surface area (Å²) in [6, 6.07) is 9.85. The zero-order valence-corrected chi connectivity index (χ0v) is 10.5. The van der Waals surface area contributed by atoms with Crippen LogP contribution in [0.15, 0.2) is 41.9 Å². The van der Waals surface area contributed by atoms with Gasteiger partial charge in [0.25, 0.3) is 0 Å². The van der Waals surface area contributed by atoms with E-state index in [2.05, 4.69) is 22.5 Å². The first kappa shape index (κ1) is 12.0. The van der Waals surface area contributed by atoms with E-state index in [9.17, 15) is 4.79 Å². The first-order chi connectivity index (χ1) is 8.34. The average molecular weight is 245 g/mol. The topological polar surface area (TPSA) is 30.0 Å². The van der Waals surface area contributed by atoms with Crippen molar-refractivity contribution in [2.45, 2.75) is 25.7 Å². The number of nitrogens with zero attached hydrogens (tertiary/aromatic N) is 1. The van der Waals surface area contributed by atoms with Gasteiger partial charge in [0.1, 0.15) is 5.78 Å². The summed E-state index contributed by atoms with van der Waals surface area (Å²) in [6.07, 6.45) is 4.78. The highest BCUT2D eigenvalue weighted by atomic mass is 32.1. The van der Waals surface area contributed by atoms with Crippen LogP contribution in [0.4, 0.5) is 0 Å². The summed E-state index contributed by atoms with van der Waals surface area (Å²) >= 11 is 1.75. The summed E-state index contributed by atoms with van der Waals surface area (Å²) in [5, 5.41) is 2.07. The Morgan fingerprint density at radius 1 is 1.24 bits per heavy atom. The summed E-state index contributed by atoms with van der Waals surface area (Å²) in [7, 11) is 0. The number of Topliss-reactive ketones (excluding diaryl/α,β-unsaturated/α-hetero) is 1. The lowest BCUT2D eigenvalue weighted by Gasteiger charge is -2.00. The van der Waals surface area contributed by atoms with E-state index in [0.29, 0.717) is 12.8 Å². The zero-order valence-electron chi connectivity index (χ0n) is 9.63. The van der Waals surface area contributed by atoms with Crippen molar-refractivity contribution in [1.82, 2.24) is 4.98 Å². The molecule has 0 radical (unpaired) electrons. The van der Waals surface area contributed by atoms with Gasteiger partial charge < -0.3 is 0 Å². The van der Waals surface area contributed by atoms with Crippen LogP contribution in [0.25, 0.3) is 0 Å². The van der Waals surface area contributed by atoms with E-state index < -0.39 is 0 Å². The van der Waals surface area contributed by atoms with E-state index >= 15 is 0 Å². The van der Waals surface area contributed by atoms with Gasteiger partial charge >= 0.3 is 0 Å². The first-order valence-electron chi connectivity index (χ1n) is 5.78. The van der Waals surface area contributed by atoms with Gasteiger partial charge in [-0.3, -0.25) is 9.78 Å². The van der Waals surface area contributed by atoms with Crippen LogP contribution in [0.3, 0.4) is 0 Å². The molecule has 0 aliphatic heterocycles. The predicted molar refractivity (Wildman–Crippen MR) is 70.2 cm³/mol. The molecule has 2 aromatic heterocycles. The van der Waals surface area contributed by atoms with E-state index in [-0.39, 0.29) is 5.78 Å². The lowest BCUT2D eigenvalue weighted by Crippen LogP contribution is -2.04. The average Bonchev–Trinajstić information content (AvgIpc) is 2.83. The Bertz CT molecular complexity index is 450. The Labute approximate surface area is 105 Å². The Hall–Kier alpha value is -1.48. The van der Waals surface area contributed by atoms with Crippen molar-refractivity contribution >= 4 is 17.1 Å². The molecular weight excluding hydrogens is 230 g/mol. The van der Waals surface area contributed by atoms with Crippen LogP contribution in [0.2, 0.25) is 0 Å². The zero-order chi connectivity index (χ0) is 11.9. The van der Waals surface area contributed by atoms with Crippen LogP contribution in [-0.4, -0.2) is 10.8 Å². The van der Waals surface area contributed by atoms with Gasteiger partial charge in [-0.2, -0.15) is 0 Å². The molecule has 2 nitrogen and oxygen atoms in total. The van der Waals surface area contributed by atoms with Crippen molar-refractivity contribution in [2.24, 2.45) is 0 Å². The molecule has 0 N–H and O–H groups in total. The van der Waals surface area contributed by atoms with Crippen molar-refractivity contribution < 1.29 is 4.79 Å². The van der Waals surface area contributed by atoms with E-state index in [0.717, 1.165) is 18.5 Å². The fraction of sp³-hybridized carbons (Fsp3) is 0.286. The molecule has 2 aromatic rings. The quantitative estimate of drug-likeness (QED) is 0.781. The molecule has 3 heteroatoms. The number of carbonyl (C=O) groups is 1. The molecule has 0 atom stereocenters. The molecule has 2 rings (SSSR count). The molecule has 2 heterocycles. The number of hydrogen-bond donors (Lipinski definition) is 0. The molecule has 0 amide bonds. The lowest BCUT2D eigenvalue weighted by molar-refractivity contribution is -0.118. The summed E-state index contributed by atoms with van der Waals surface area (Å²) < 4.78 is 0. The minimum absolute atomic E-state index is 0.278. The fourth-order valence-electron chi connectivity index (χ4n) is 1.71. The second-order valence-electron chi connectivity index (χ2n) is 3.97. The van der Waals surface area contributed by atoms with E-state index in [1.165, 1.54) is 4.88 Å². The molecule has 0 aromatic carbocycles. The number of aromatic nitrogens is 1. The molecule has 0 unspecified atom stereocenters. The number of ketones is 1. The van der Waals surface area contributed by atoms with E-state index in [1.807, 2.05) is 18.2 Å². The Kier molecular flexibility index (Phi) is 4.45. The molecule has 0 saturated carbocycles. The van der Waals surface area contributed by atoms with Crippen LogP contribution >= 0.6 is 11.3 Å². The number of pyridine rings is 1. The second-order valence-corrected chi connectivity index (χ2v) is 5.00. The highest BCUT2D eigenvalue weighted by molar-refractivity contribution is 7.09. The minimum atomic E-state index is 0.278. The molecule has 0 aliphatic rings. The summed E-state index contributed by atoms with van der Waals surface area (Å²) in [5.41, 5.74) is 0.869. The third-order valence-electron chi connectivity index (χ3n) is 2.56. The van der Waals surface area contributed by atoms with Crippen molar-refractivity contribution in [1.29, 1.82) is 0 Å². The molecule has 0 spiro atoms. The normalized spacial score (nSPS) is 10.4. The molecule has 0 fully saturated rings. The Morgan fingerprint density at radius 3 is 2.88 bits per heavy atom. The molecule has 0 saturated heterocycles. The minimum Gasteiger partial charge on any atom is -0.299 e. The van der Waals surface area contributed by atoms with Crippen molar-refractivity contribution in [3.8, 4) is 0 Å². The maximum atomic E-state index is 11.7. The van der Waals surface area contributed by atoms with Crippen LogP contribution in [0.5, 0.6) is 0 Å². The van der Waals surface area contributed by atoms with Crippen molar-refractivity contribution in [2.75, 3.05) is 0 Å². The Morgan fingerprint density at radius 2 is 2.18 bits per heavy atom. The number of thiophene rings is 1. The number of rotatable bonds is 6. The van der Waals surface area contributed by atoms with Crippen LogP contribution in [0, 0.1) is 0 Å². The summed E-state index contributed by atoms with van der Waals surface area (Å²) in [5.74, 6) is 0.278. The molecule has 0 aliphatic carbocycles. The van der Waals surface area contributed by atoms with Gasteiger partial charge in [0.2, 0.25) is 0 Å². The van der Waals surface area contributed by atoms with Gasteiger partial charge in [-0.1, -0.05) is 12.1 Å². The van der Waals surface area contributed by atoms with Crippen LogP contribution < -0.4 is 0 Å². The SMILES string of the molecule is O=C(CCCc1cccs1)Cc1ccccn1. The predicted octanol–water partition coefficient (Wildman–Crippen LogP) is 3.28. The van der Waals surface area contributed by atoms with Gasteiger partial charge in [0.05, 0.1) is 0 Å². The van der Waals surface area contributed by atoms with Crippen LogP contribution in [0.1, 0.15) is 23.4 Å². The summed E-state index contributed by atoms with van der Waals surface area (Å²) in [6.45, 7) is 0. The first-order valence-corrected chi connectivity index (χ1v) is 6.66. The summed E-state index contributed by atoms with van der Waals surface area (Å²) in [4.78, 5) is 17.2. The fourth-order valence-corrected chi connectivity index (χ4v) is 2.46. The third-order valence-corrected chi connectivity index (χ3v) is 3.50. The molecular formula is C14H15NOS. The molecule has 17 heavy (non-hydrogen) atoms. The van der Waals surface area contributed by atoms with Gasteiger partial charge in [-0.05, 0) is 36.4 Å².